The summed E-state index contributed by atoms with van der Waals surface area (Å²) in [5, 5.41) is 7.40. The van der Waals surface area contributed by atoms with Gasteiger partial charge in [-0.2, -0.15) is 0 Å². The lowest BCUT2D eigenvalue weighted by molar-refractivity contribution is -0.127. The molecule has 0 saturated carbocycles. The van der Waals surface area contributed by atoms with E-state index in [4.69, 9.17) is 4.74 Å². The van der Waals surface area contributed by atoms with E-state index in [-0.39, 0.29) is 31.6 Å². The van der Waals surface area contributed by atoms with Crippen molar-refractivity contribution in [3.63, 3.8) is 0 Å². The molecule has 3 aromatic carbocycles. The molecular weight excluding hydrogens is 642 g/mol. The van der Waals surface area contributed by atoms with Gasteiger partial charge in [0.05, 0.1) is 0 Å². The Balaban J connectivity index is 0.000000220. The van der Waals surface area contributed by atoms with Gasteiger partial charge in [0.15, 0.2) is 0 Å². The zero-order chi connectivity index (χ0) is 35.2. The Morgan fingerprint density at radius 3 is 1.37 bits per heavy atom. The number of rotatable bonds is 8. The first kappa shape index (κ1) is 35.7. The van der Waals surface area contributed by atoms with Crippen LogP contribution < -0.4 is 16.0 Å². The van der Waals surface area contributed by atoms with Gasteiger partial charge in [-0.3, -0.25) is 14.4 Å². The van der Waals surface area contributed by atoms with Gasteiger partial charge in [0, 0.05) is 19.8 Å². The average molecular weight is 678 g/mol. The van der Waals surface area contributed by atoms with Crippen LogP contribution in [0.3, 0.4) is 0 Å². The molecule has 0 aliphatic carbocycles. The van der Waals surface area contributed by atoms with E-state index in [1.165, 1.54) is 30.8 Å². The standard InChI is InChI=1S/C24H21NO4.2C5H7NO4/c26-23(22-16-28-24(27)29-22)25-21-11-9-18(10-12-21)14-20-8-4-7-19(15-20)13-17-5-2-1-3-6-17;2*1-6-4(7)3-2-9-5(8)10-3/h1-12,15,22H,13-14,16H2,(H,25,26);2*3H,2H2,1H3,(H,6,7). The lowest BCUT2D eigenvalue weighted by Crippen LogP contribution is -2.33. The summed E-state index contributed by atoms with van der Waals surface area (Å²) in [4.78, 5) is 64.9. The highest BCUT2D eigenvalue weighted by Gasteiger charge is 2.32. The molecule has 3 heterocycles. The van der Waals surface area contributed by atoms with Crippen LogP contribution in [0, 0.1) is 0 Å². The molecule has 0 bridgehead atoms. The van der Waals surface area contributed by atoms with Crippen LogP contribution in [-0.2, 0) is 55.6 Å². The van der Waals surface area contributed by atoms with Crippen molar-refractivity contribution < 1.29 is 57.2 Å². The lowest BCUT2D eigenvalue weighted by Gasteiger charge is -2.10. The number of amides is 3. The minimum Gasteiger partial charge on any atom is -0.430 e. The van der Waals surface area contributed by atoms with Gasteiger partial charge < -0.3 is 44.4 Å². The molecule has 15 heteroatoms. The number of hydrogen-bond acceptors (Lipinski definition) is 12. The Morgan fingerprint density at radius 2 is 0.959 bits per heavy atom. The van der Waals surface area contributed by atoms with Crippen molar-refractivity contribution in [2.45, 2.75) is 31.2 Å². The van der Waals surface area contributed by atoms with E-state index in [2.05, 4.69) is 88.2 Å². The second-order valence-electron chi connectivity index (χ2n) is 10.6. The maximum Gasteiger partial charge on any atom is 0.509 e. The van der Waals surface area contributed by atoms with Crippen LogP contribution in [0.5, 0.6) is 0 Å². The van der Waals surface area contributed by atoms with E-state index in [9.17, 15) is 28.8 Å². The normalized spacial score (nSPS) is 18.7. The molecule has 0 spiro atoms. The molecule has 3 unspecified atom stereocenters. The monoisotopic (exact) mass is 677 g/mol. The van der Waals surface area contributed by atoms with Crippen molar-refractivity contribution in [1.82, 2.24) is 10.6 Å². The first-order valence-electron chi connectivity index (χ1n) is 15.1. The van der Waals surface area contributed by atoms with Gasteiger partial charge >= 0.3 is 18.5 Å². The van der Waals surface area contributed by atoms with Crippen LogP contribution in [0.25, 0.3) is 0 Å². The number of anilines is 1. The average Bonchev–Trinajstić information content (AvgIpc) is 3.87. The van der Waals surface area contributed by atoms with Crippen molar-refractivity contribution in [1.29, 1.82) is 0 Å². The number of carbonyl (C=O) groups is 6. The summed E-state index contributed by atoms with van der Waals surface area (Å²) in [6.07, 6.45) is -3.08. The van der Waals surface area contributed by atoms with E-state index in [0.29, 0.717) is 5.69 Å². The van der Waals surface area contributed by atoms with E-state index in [0.717, 1.165) is 18.4 Å². The van der Waals surface area contributed by atoms with Crippen LogP contribution in [0.1, 0.15) is 22.3 Å². The Labute approximate surface area is 281 Å². The number of likely N-dealkylation sites (N-methyl/N-ethyl adjacent to an activating group) is 2. The third kappa shape index (κ3) is 11.3. The molecule has 0 radical (unpaired) electrons. The van der Waals surface area contributed by atoms with Crippen LogP contribution in [0.15, 0.2) is 78.9 Å². The summed E-state index contributed by atoms with van der Waals surface area (Å²) < 4.78 is 27.0. The molecule has 258 valence electrons. The topological polar surface area (TPSA) is 194 Å². The van der Waals surface area contributed by atoms with E-state index >= 15 is 0 Å². The maximum absolute atomic E-state index is 12.1. The minimum atomic E-state index is -0.894. The van der Waals surface area contributed by atoms with Crippen molar-refractivity contribution in [3.05, 3.63) is 101 Å². The number of benzene rings is 3. The highest BCUT2D eigenvalue weighted by molar-refractivity contribution is 5.96. The molecule has 3 aliphatic heterocycles. The fourth-order valence-electron chi connectivity index (χ4n) is 4.54. The third-order valence-corrected chi connectivity index (χ3v) is 7.02. The smallest absolute Gasteiger partial charge is 0.430 e. The second-order valence-corrected chi connectivity index (χ2v) is 10.6. The SMILES string of the molecule is CNC(=O)C1COC(=O)O1.CNC(=O)C1COC(=O)O1.O=C1OCC(C(=O)Nc2ccc(Cc3cccc(Cc4ccccc4)c3)cc2)O1. The van der Waals surface area contributed by atoms with Gasteiger partial charge in [0.1, 0.15) is 19.8 Å². The van der Waals surface area contributed by atoms with Crippen LogP contribution in [-0.4, -0.2) is 88.4 Å². The van der Waals surface area contributed by atoms with Crippen molar-refractivity contribution in [3.8, 4) is 0 Å². The number of carbonyl (C=O) groups excluding carboxylic acids is 6. The Kier molecular flexibility index (Phi) is 12.9. The predicted molar refractivity (Wildman–Crippen MR) is 170 cm³/mol. The van der Waals surface area contributed by atoms with Gasteiger partial charge in [0.2, 0.25) is 18.3 Å². The van der Waals surface area contributed by atoms with Gasteiger partial charge in [-0.15, -0.1) is 0 Å². The van der Waals surface area contributed by atoms with Gasteiger partial charge in [-0.1, -0.05) is 66.7 Å². The fraction of sp³-hybridized carbons (Fsp3) is 0.294. The molecular formula is C34H35N3O12. The quantitative estimate of drug-likeness (QED) is 0.234. The van der Waals surface area contributed by atoms with E-state index in [1.54, 1.807) is 0 Å². The number of ether oxygens (including phenoxy) is 6. The Hall–Kier alpha value is -6.12. The lowest BCUT2D eigenvalue weighted by atomic mass is 9.99. The molecule has 3 saturated heterocycles. The predicted octanol–water partition coefficient (Wildman–Crippen LogP) is 2.88. The summed E-state index contributed by atoms with van der Waals surface area (Å²) in [5.74, 6) is -1.08. The van der Waals surface area contributed by atoms with Gasteiger partial charge in [0.25, 0.3) is 17.7 Å². The summed E-state index contributed by atoms with van der Waals surface area (Å²) >= 11 is 0. The largest absolute Gasteiger partial charge is 0.509 e. The zero-order valence-electron chi connectivity index (χ0n) is 26.7. The number of cyclic esters (lactones) is 6. The van der Waals surface area contributed by atoms with Gasteiger partial charge in [-0.25, -0.2) is 14.4 Å². The molecule has 3 fully saturated rings. The van der Waals surface area contributed by atoms with E-state index < -0.39 is 42.7 Å². The number of hydrogen-bond donors (Lipinski definition) is 3. The first-order valence-corrected chi connectivity index (χ1v) is 15.1. The first-order chi connectivity index (χ1) is 23.6. The molecule has 3 atom stereocenters. The third-order valence-electron chi connectivity index (χ3n) is 7.02. The van der Waals surface area contributed by atoms with E-state index in [1.807, 2.05) is 30.3 Å². The highest BCUT2D eigenvalue weighted by atomic mass is 16.8. The number of nitrogens with one attached hydrogen (secondary N) is 3. The summed E-state index contributed by atoms with van der Waals surface area (Å²) in [7, 11) is 2.93. The molecule has 3 aromatic rings. The summed E-state index contributed by atoms with van der Waals surface area (Å²) in [6.45, 7) is -0.0287. The zero-order valence-corrected chi connectivity index (χ0v) is 26.7. The second kappa shape index (κ2) is 17.7. The van der Waals surface area contributed by atoms with Gasteiger partial charge in [-0.05, 0) is 47.2 Å². The Morgan fingerprint density at radius 1 is 0.551 bits per heavy atom. The molecule has 49 heavy (non-hydrogen) atoms. The van der Waals surface area contributed by atoms with Crippen LogP contribution in [0.4, 0.5) is 20.1 Å². The molecule has 3 amide bonds. The van der Waals surface area contributed by atoms with Crippen LogP contribution in [0.2, 0.25) is 0 Å². The van der Waals surface area contributed by atoms with Crippen molar-refractivity contribution in [2.24, 2.45) is 0 Å². The summed E-state index contributed by atoms with van der Waals surface area (Å²) in [5.41, 5.74) is 5.62. The van der Waals surface area contributed by atoms with Crippen molar-refractivity contribution >= 4 is 41.9 Å². The highest BCUT2D eigenvalue weighted by Crippen LogP contribution is 2.18. The molecule has 3 N–H and O–H groups in total. The van der Waals surface area contributed by atoms with Crippen molar-refractivity contribution in [2.75, 3.05) is 39.2 Å². The minimum absolute atomic E-state index is 0.0124. The summed E-state index contributed by atoms with van der Waals surface area (Å²) in [6, 6.07) is 26.7. The molecule has 0 aromatic heterocycles. The fourth-order valence-corrected chi connectivity index (χ4v) is 4.54. The maximum atomic E-state index is 12.1. The molecule has 15 nitrogen and oxygen atoms in total. The molecule has 3 aliphatic rings. The Bertz CT molecular complexity index is 1590. The molecule has 6 rings (SSSR count). The van der Waals surface area contributed by atoms with Crippen LogP contribution >= 0.6 is 0 Å².